The second-order valence-corrected chi connectivity index (χ2v) is 7.28. The SMILES string of the molecule is CC(C)C[C@H](N)C(=O)OP(N)(=O)OC(=O)[C@@H](N)CC(C)C. The first-order chi connectivity index (χ1) is 9.44. The van der Waals surface area contributed by atoms with Crippen LogP contribution in [0.3, 0.4) is 0 Å². The van der Waals surface area contributed by atoms with Crippen LogP contribution in [0.2, 0.25) is 0 Å². The number of carbonyl (C=O) groups excluding carboxylic acids is 2. The molecule has 0 rings (SSSR count). The molecule has 0 fully saturated rings. The Morgan fingerprint density at radius 3 is 1.43 bits per heavy atom. The fourth-order valence-electron chi connectivity index (χ4n) is 1.61. The highest BCUT2D eigenvalue weighted by Crippen LogP contribution is 2.40. The largest absolute Gasteiger partial charge is 0.514 e. The molecular formula is C12H26N3O5P. The Bertz CT molecular complexity index is 380. The standard InChI is InChI=1S/C12H26N3O5P/c1-7(2)5-9(13)11(16)19-21(15,18)20-12(17)10(14)6-8(3)4/h7-10H,5-6,13-14H2,1-4H3,(H2,15,18)/t9-,10-/m0/s1. The minimum atomic E-state index is -4.36. The van der Waals surface area contributed by atoms with Crippen molar-refractivity contribution in [2.45, 2.75) is 52.6 Å². The van der Waals surface area contributed by atoms with Crippen molar-refractivity contribution in [1.29, 1.82) is 0 Å². The molecule has 9 heteroatoms. The summed E-state index contributed by atoms with van der Waals surface area (Å²) in [7, 11) is -4.36. The van der Waals surface area contributed by atoms with Crippen molar-refractivity contribution < 1.29 is 23.2 Å². The van der Waals surface area contributed by atoms with E-state index in [1.54, 1.807) is 0 Å². The van der Waals surface area contributed by atoms with Crippen LogP contribution in [0.1, 0.15) is 40.5 Å². The molecule has 6 N–H and O–H groups in total. The molecule has 0 aromatic carbocycles. The van der Waals surface area contributed by atoms with Gasteiger partial charge in [0, 0.05) is 0 Å². The van der Waals surface area contributed by atoms with Gasteiger partial charge in [-0.05, 0) is 24.7 Å². The van der Waals surface area contributed by atoms with E-state index in [0.29, 0.717) is 12.8 Å². The van der Waals surface area contributed by atoms with Gasteiger partial charge in [-0.25, -0.2) is 19.7 Å². The topological polar surface area (TPSA) is 148 Å². The smallest absolute Gasteiger partial charge is 0.370 e. The van der Waals surface area contributed by atoms with E-state index < -0.39 is 31.8 Å². The van der Waals surface area contributed by atoms with Crippen molar-refractivity contribution >= 4 is 19.7 Å². The van der Waals surface area contributed by atoms with E-state index >= 15 is 0 Å². The van der Waals surface area contributed by atoms with Gasteiger partial charge in [-0.15, -0.1) is 0 Å². The van der Waals surface area contributed by atoms with E-state index in [-0.39, 0.29) is 11.8 Å². The number of hydrogen-bond donors (Lipinski definition) is 3. The molecule has 0 heterocycles. The van der Waals surface area contributed by atoms with Crippen LogP contribution >= 0.6 is 7.75 Å². The summed E-state index contributed by atoms with van der Waals surface area (Å²) in [6.07, 6.45) is 0.666. The maximum absolute atomic E-state index is 11.8. The van der Waals surface area contributed by atoms with Crippen molar-refractivity contribution in [2.24, 2.45) is 28.8 Å². The molecule has 0 aliphatic rings. The van der Waals surface area contributed by atoms with Gasteiger partial charge in [0.2, 0.25) is 0 Å². The zero-order valence-electron chi connectivity index (χ0n) is 12.9. The Morgan fingerprint density at radius 2 is 1.19 bits per heavy atom. The lowest BCUT2D eigenvalue weighted by atomic mass is 10.1. The van der Waals surface area contributed by atoms with Crippen molar-refractivity contribution in [3.63, 3.8) is 0 Å². The molecule has 0 saturated heterocycles. The fourth-order valence-corrected chi connectivity index (χ4v) is 2.42. The molecule has 0 aliphatic carbocycles. The van der Waals surface area contributed by atoms with Gasteiger partial charge in [-0.2, -0.15) is 0 Å². The van der Waals surface area contributed by atoms with Crippen LogP contribution < -0.4 is 17.0 Å². The molecule has 124 valence electrons. The van der Waals surface area contributed by atoms with Crippen LogP contribution in [-0.4, -0.2) is 24.0 Å². The van der Waals surface area contributed by atoms with Crippen molar-refractivity contribution in [3.8, 4) is 0 Å². The summed E-state index contributed by atoms with van der Waals surface area (Å²) in [5, 5.41) is 0. The van der Waals surface area contributed by atoms with Crippen molar-refractivity contribution in [1.82, 2.24) is 0 Å². The van der Waals surface area contributed by atoms with Crippen LogP contribution in [0.25, 0.3) is 0 Å². The highest BCUT2D eigenvalue weighted by Gasteiger charge is 2.32. The van der Waals surface area contributed by atoms with Crippen LogP contribution in [0, 0.1) is 11.8 Å². The summed E-state index contributed by atoms with van der Waals surface area (Å²) >= 11 is 0. The van der Waals surface area contributed by atoms with Crippen molar-refractivity contribution in [2.75, 3.05) is 0 Å². The van der Waals surface area contributed by atoms with E-state index in [2.05, 4.69) is 9.05 Å². The second-order valence-electron chi connectivity index (χ2n) is 5.83. The van der Waals surface area contributed by atoms with Gasteiger partial charge in [0.1, 0.15) is 12.1 Å². The third kappa shape index (κ3) is 8.83. The number of hydrogen-bond acceptors (Lipinski definition) is 7. The number of carbonyl (C=O) groups is 2. The van der Waals surface area contributed by atoms with Crippen LogP contribution in [-0.2, 0) is 23.2 Å². The molecule has 2 atom stereocenters. The quantitative estimate of drug-likeness (QED) is 0.558. The Labute approximate surface area is 125 Å². The van der Waals surface area contributed by atoms with E-state index in [1.807, 2.05) is 27.7 Å². The van der Waals surface area contributed by atoms with Gasteiger partial charge in [0.05, 0.1) is 0 Å². The molecule has 21 heavy (non-hydrogen) atoms. The molecular weight excluding hydrogens is 297 g/mol. The summed E-state index contributed by atoms with van der Waals surface area (Å²) < 4.78 is 20.8. The van der Waals surface area contributed by atoms with Gasteiger partial charge < -0.3 is 20.5 Å². The predicted molar refractivity (Wildman–Crippen MR) is 78.8 cm³/mol. The molecule has 0 spiro atoms. The predicted octanol–water partition coefficient (Wildman–Crippen LogP) is 0.886. The Kier molecular flexibility index (Phi) is 8.10. The number of rotatable bonds is 8. The lowest BCUT2D eigenvalue weighted by Crippen LogP contribution is -2.36. The first-order valence-corrected chi connectivity index (χ1v) is 8.42. The average molecular weight is 323 g/mol. The molecule has 0 amide bonds. The maximum atomic E-state index is 11.8. The fraction of sp³-hybridized carbons (Fsp3) is 0.833. The van der Waals surface area contributed by atoms with Gasteiger partial charge in [0.25, 0.3) is 0 Å². The van der Waals surface area contributed by atoms with Crippen LogP contribution in [0.4, 0.5) is 0 Å². The molecule has 0 aromatic rings. The molecule has 0 radical (unpaired) electrons. The van der Waals surface area contributed by atoms with E-state index in [9.17, 15) is 14.2 Å². The Morgan fingerprint density at radius 1 is 0.905 bits per heavy atom. The van der Waals surface area contributed by atoms with Crippen LogP contribution in [0.15, 0.2) is 0 Å². The average Bonchev–Trinajstić information content (AvgIpc) is 2.25. The number of nitrogens with two attached hydrogens (primary N) is 3. The highest BCUT2D eigenvalue weighted by molar-refractivity contribution is 7.52. The summed E-state index contributed by atoms with van der Waals surface area (Å²) in [5.74, 6) is -1.65. The molecule has 0 saturated carbocycles. The van der Waals surface area contributed by atoms with Crippen LogP contribution in [0.5, 0.6) is 0 Å². The molecule has 0 aromatic heterocycles. The first-order valence-electron chi connectivity index (χ1n) is 6.81. The van der Waals surface area contributed by atoms with E-state index in [0.717, 1.165) is 0 Å². The molecule has 8 nitrogen and oxygen atoms in total. The summed E-state index contributed by atoms with van der Waals surface area (Å²) in [6.45, 7) is 7.44. The Balaban J connectivity index is 4.52. The normalized spacial score (nSPS) is 14.9. The summed E-state index contributed by atoms with van der Waals surface area (Å²) in [4.78, 5) is 23.2. The molecule has 0 bridgehead atoms. The van der Waals surface area contributed by atoms with E-state index in [4.69, 9.17) is 17.0 Å². The lowest BCUT2D eigenvalue weighted by molar-refractivity contribution is -0.140. The first kappa shape index (κ1) is 20.1. The van der Waals surface area contributed by atoms with Crippen molar-refractivity contribution in [3.05, 3.63) is 0 Å². The Hall–Kier alpha value is -0.950. The van der Waals surface area contributed by atoms with E-state index in [1.165, 1.54) is 0 Å². The molecule has 0 unspecified atom stereocenters. The van der Waals surface area contributed by atoms with Gasteiger partial charge in [-0.1, -0.05) is 27.7 Å². The van der Waals surface area contributed by atoms with Gasteiger partial charge in [0.15, 0.2) is 0 Å². The van der Waals surface area contributed by atoms with Gasteiger partial charge in [-0.3, -0.25) is 0 Å². The zero-order chi connectivity index (χ0) is 16.8. The molecule has 0 aliphatic heterocycles. The zero-order valence-corrected chi connectivity index (χ0v) is 13.8. The minimum absolute atomic E-state index is 0.145. The monoisotopic (exact) mass is 323 g/mol. The summed E-state index contributed by atoms with van der Waals surface area (Å²) in [5.41, 5.74) is 16.3. The van der Waals surface area contributed by atoms with Gasteiger partial charge >= 0.3 is 19.7 Å². The second kappa shape index (κ2) is 8.48. The highest BCUT2D eigenvalue weighted by atomic mass is 31.2. The third-order valence-corrected chi connectivity index (χ3v) is 3.36. The third-order valence-electron chi connectivity index (χ3n) is 2.49. The maximum Gasteiger partial charge on any atom is 0.514 e. The lowest BCUT2D eigenvalue weighted by Gasteiger charge is -2.19. The minimum Gasteiger partial charge on any atom is -0.370 e. The summed E-state index contributed by atoms with van der Waals surface area (Å²) in [6, 6.07) is -1.96.